The van der Waals surface area contributed by atoms with Crippen molar-refractivity contribution in [1.82, 2.24) is 9.97 Å². The first-order valence-corrected chi connectivity index (χ1v) is 5.54. The van der Waals surface area contributed by atoms with E-state index in [-0.39, 0.29) is 16.4 Å². The SMILES string of the molecule is C#[N+]c1ncsc1C(=O)Nc1c[nH]c(=O)c(F)c1. The largest absolute Gasteiger partial charge is 0.449 e. The van der Waals surface area contributed by atoms with Crippen molar-refractivity contribution in [3.63, 3.8) is 0 Å². The average Bonchev–Trinajstić information content (AvgIpc) is 2.82. The highest BCUT2D eigenvalue weighted by atomic mass is 32.1. The van der Waals surface area contributed by atoms with Crippen LogP contribution in [0.4, 0.5) is 15.9 Å². The number of hydrogen-bond acceptors (Lipinski definition) is 4. The topological polar surface area (TPSA) is 79.2 Å². The highest BCUT2D eigenvalue weighted by Gasteiger charge is 2.22. The Morgan fingerprint density at radius 3 is 3.06 bits per heavy atom. The summed E-state index contributed by atoms with van der Waals surface area (Å²) in [6.07, 6.45) is 1.18. The molecule has 0 aliphatic carbocycles. The first-order chi connectivity index (χ1) is 8.61. The average molecular weight is 265 g/mol. The summed E-state index contributed by atoms with van der Waals surface area (Å²) in [6, 6.07) is 0.914. The van der Waals surface area contributed by atoms with Crippen LogP contribution in [0.2, 0.25) is 0 Å². The van der Waals surface area contributed by atoms with E-state index in [1.54, 1.807) is 0 Å². The molecule has 0 aliphatic rings. The van der Waals surface area contributed by atoms with Gasteiger partial charge < -0.3 is 10.3 Å². The van der Waals surface area contributed by atoms with Crippen molar-refractivity contribution in [3.05, 3.63) is 43.7 Å². The number of aromatic nitrogens is 2. The van der Waals surface area contributed by atoms with Gasteiger partial charge in [0.2, 0.25) is 4.88 Å². The van der Waals surface area contributed by atoms with E-state index < -0.39 is 17.3 Å². The van der Waals surface area contributed by atoms with Gasteiger partial charge in [0.1, 0.15) is 6.57 Å². The lowest BCUT2D eigenvalue weighted by molar-refractivity contribution is 0.103. The molecule has 0 aliphatic heterocycles. The summed E-state index contributed by atoms with van der Waals surface area (Å²) in [5.41, 5.74) is 0.672. The number of carbonyl (C=O) groups excluding carboxylic acids is 1. The molecule has 6 nitrogen and oxygen atoms in total. The molecule has 2 heterocycles. The van der Waals surface area contributed by atoms with Gasteiger partial charge >= 0.3 is 5.82 Å². The van der Waals surface area contributed by atoms with E-state index in [0.29, 0.717) is 0 Å². The normalized spacial score (nSPS) is 9.78. The van der Waals surface area contributed by atoms with Gasteiger partial charge in [0.15, 0.2) is 11.3 Å². The molecule has 8 heteroatoms. The van der Waals surface area contributed by atoms with Crippen molar-refractivity contribution < 1.29 is 9.18 Å². The number of anilines is 1. The first-order valence-electron chi connectivity index (χ1n) is 4.66. The number of thiazole rings is 1. The molecule has 0 bridgehead atoms. The summed E-state index contributed by atoms with van der Waals surface area (Å²) in [7, 11) is 0. The van der Waals surface area contributed by atoms with Crippen LogP contribution in [0.1, 0.15) is 9.67 Å². The number of pyridine rings is 1. The van der Waals surface area contributed by atoms with Crippen LogP contribution in [0.25, 0.3) is 4.85 Å². The minimum Gasteiger partial charge on any atom is -0.325 e. The van der Waals surface area contributed by atoms with Crippen molar-refractivity contribution in [2.45, 2.75) is 0 Å². The molecule has 90 valence electrons. The highest BCUT2D eigenvalue weighted by Crippen LogP contribution is 2.22. The second-order valence-electron chi connectivity index (χ2n) is 3.15. The Hall–Kier alpha value is -2.53. The fourth-order valence-electron chi connectivity index (χ4n) is 1.20. The zero-order valence-electron chi connectivity index (χ0n) is 8.81. The van der Waals surface area contributed by atoms with Gasteiger partial charge in [-0.25, -0.2) is 4.39 Å². The minimum absolute atomic E-state index is 0.0994. The van der Waals surface area contributed by atoms with Crippen LogP contribution in [-0.4, -0.2) is 15.9 Å². The molecule has 18 heavy (non-hydrogen) atoms. The maximum absolute atomic E-state index is 13.0. The Balaban J connectivity index is 2.25. The summed E-state index contributed by atoms with van der Waals surface area (Å²) < 4.78 is 13.0. The van der Waals surface area contributed by atoms with Crippen LogP contribution < -0.4 is 10.9 Å². The molecule has 2 aromatic heterocycles. The number of amides is 1. The maximum atomic E-state index is 13.0. The number of H-pyrrole nitrogens is 1. The third kappa shape index (κ3) is 2.26. The molecule has 1 amide bonds. The van der Waals surface area contributed by atoms with Gasteiger partial charge in [0, 0.05) is 12.3 Å². The highest BCUT2D eigenvalue weighted by molar-refractivity contribution is 7.12. The molecule has 0 atom stereocenters. The van der Waals surface area contributed by atoms with E-state index in [9.17, 15) is 14.0 Å². The van der Waals surface area contributed by atoms with Crippen LogP contribution in [0, 0.1) is 12.4 Å². The molecule has 0 spiro atoms. The van der Waals surface area contributed by atoms with Gasteiger partial charge in [-0.3, -0.25) is 9.59 Å². The Labute approximate surface area is 104 Å². The van der Waals surface area contributed by atoms with Gasteiger partial charge in [-0.15, -0.1) is 0 Å². The van der Waals surface area contributed by atoms with Crippen LogP contribution in [0.3, 0.4) is 0 Å². The Bertz CT molecular complexity index is 700. The summed E-state index contributed by atoms with van der Waals surface area (Å²) >= 11 is 1.05. The van der Waals surface area contributed by atoms with Crippen molar-refractivity contribution >= 4 is 28.7 Å². The van der Waals surface area contributed by atoms with E-state index in [1.165, 1.54) is 11.7 Å². The quantitative estimate of drug-likeness (QED) is 0.869. The molecule has 0 saturated carbocycles. The standard InChI is InChI=1S/C10H5FN4O2S/c1-12-8-7(18-4-14-8)10(17)15-5-2-6(11)9(16)13-3-5/h1-4H,(H-,13,15,16,17)/p+1. The molecular weight excluding hydrogens is 259 g/mol. The fourth-order valence-corrected chi connectivity index (χ4v) is 1.83. The van der Waals surface area contributed by atoms with Gasteiger partial charge in [-0.2, -0.15) is 4.85 Å². The van der Waals surface area contributed by atoms with E-state index in [4.69, 9.17) is 6.57 Å². The lowest BCUT2D eigenvalue weighted by Crippen LogP contribution is -2.15. The lowest BCUT2D eigenvalue weighted by Gasteiger charge is -2.01. The second-order valence-corrected chi connectivity index (χ2v) is 4.01. The molecule has 2 aromatic rings. The van der Waals surface area contributed by atoms with E-state index in [0.717, 1.165) is 17.4 Å². The molecule has 0 aromatic carbocycles. The predicted molar refractivity (Wildman–Crippen MR) is 65.1 cm³/mol. The fraction of sp³-hybridized carbons (Fsp3) is 0. The number of rotatable bonds is 2. The number of hydrogen-bond donors (Lipinski definition) is 2. The van der Waals surface area contributed by atoms with Crippen molar-refractivity contribution in [1.29, 1.82) is 0 Å². The van der Waals surface area contributed by atoms with Crippen molar-refractivity contribution in [3.8, 4) is 6.57 Å². The van der Waals surface area contributed by atoms with Gasteiger partial charge in [0.25, 0.3) is 11.5 Å². The van der Waals surface area contributed by atoms with Gasteiger partial charge in [-0.05, 0) is 4.98 Å². The first kappa shape index (κ1) is 11.9. The van der Waals surface area contributed by atoms with E-state index in [2.05, 4.69) is 20.1 Å². The van der Waals surface area contributed by atoms with E-state index in [1.807, 2.05) is 0 Å². The number of carbonyl (C=O) groups is 1. The zero-order valence-corrected chi connectivity index (χ0v) is 9.62. The smallest absolute Gasteiger partial charge is 0.325 e. The number of aromatic amines is 1. The molecule has 0 saturated heterocycles. The molecule has 0 unspecified atom stereocenters. The van der Waals surface area contributed by atoms with Crippen LogP contribution in [0.5, 0.6) is 0 Å². The van der Waals surface area contributed by atoms with Crippen LogP contribution in [-0.2, 0) is 0 Å². The lowest BCUT2D eigenvalue weighted by atomic mass is 10.4. The second kappa shape index (κ2) is 4.77. The summed E-state index contributed by atoms with van der Waals surface area (Å²) in [6.45, 7) is 5.05. The minimum atomic E-state index is -0.985. The number of nitrogens with zero attached hydrogens (tertiary/aromatic N) is 2. The monoisotopic (exact) mass is 265 g/mol. The number of nitrogens with one attached hydrogen (secondary N) is 2. The van der Waals surface area contributed by atoms with Gasteiger partial charge in [0.05, 0.1) is 5.69 Å². The van der Waals surface area contributed by atoms with Crippen LogP contribution in [0.15, 0.2) is 22.6 Å². The molecule has 2 N–H and O–H groups in total. The van der Waals surface area contributed by atoms with Gasteiger partial charge in [-0.1, -0.05) is 11.3 Å². The summed E-state index contributed by atoms with van der Waals surface area (Å²) in [4.78, 5) is 32.0. The zero-order chi connectivity index (χ0) is 13.1. The third-order valence-corrected chi connectivity index (χ3v) is 2.81. The molecule has 0 fully saturated rings. The molecule has 0 radical (unpaired) electrons. The van der Waals surface area contributed by atoms with Crippen molar-refractivity contribution in [2.75, 3.05) is 5.32 Å². The summed E-state index contributed by atoms with van der Waals surface area (Å²) in [5.74, 6) is -1.42. The maximum Gasteiger partial charge on any atom is 0.449 e. The van der Waals surface area contributed by atoms with Crippen molar-refractivity contribution in [2.24, 2.45) is 0 Å². The predicted octanol–water partition coefficient (Wildman–Crippen LogP) is 1.82. The summed E-state index contributed by atoms with van der Waals surface area (Å²) in [5, 5.41) is 2.39. The third-order valence-electron chi connectivity index (χ3n) is 1.99. The molecular formula is C10H6FN4O2S+. The van der Waals surface area contributed by atoms with Crippen LogP contribution >= 0.6 is 11.3 Å². The van der Waals surface area contributed by atoms with E-state index >= 15 is 0 Å². The Morgan fingerprint density at radius 1 is 1.61 bits per heavy atom. The Morgan fingerprint density at radius 2 is 2.39 bits per heavy atom. The molecule has 2 rings (SSSR count). The Kier molecular flexibility index (Phi) is 3.16. The number of halogens is 1.